The van der Waals surface area contributed by atoms with Crippen molar-refractivity contribution in [3.63, 3.8) is 0 Å². The van der Waals surface area contributed by atoms with Gasteiger partial charge in [0.05, 0.1) is 5.39 Å². The third kappa shape index (κ3) is 2.32. The molecule has 0 saturated carbocycles. The quantitative estimate of drug-likeness (QED) is 0.799. The lowest BCUT2D eigenvalue weighted by molar-refractivity contribution is 0.705. The molecule has 2 rings (SSSR count). The maximum absolute atomic E-state index is 12.3. The summed E-state index contributed by atoms with van der Waals surface area (Å²) in [5.41, 5.74) is -0.186. The molecule has 0 fully saturated rings. The van der Waals surface area contributed by atoms with Gasteiger partial charge in [-0.1, -0.05) is 13.8 Å². The van der Waals surface area contributed by atoms with E-state index in [2.05, 4.69) is 18.8 Å². The maximum Gasteiger partial charge on any atom is 0.332 e. The second-order valence-corrected chi connectivity index (χ2v) is 6.03. The normalized spacial score (nSPS) is 12.8. The summed E-state index contributed by atoms with van der Waals surface area (Å²) in [5.74, 6) is 0. The zero-order chi connectivity index (χ0) is 14.2. The summed E-state index contributed by atoms with van der Waals surface area (Å²) in [6, 6.07) is 1.84. The number of aryl methyl sites for hydroxylation is 1. The fourth-order valence-corrected chi connectivity index (χ4v) is 2.89. The standard InChI is InChI=1S/C13H17N3O2S/c1-5-8(2)19-9-6-7-14-11-10(9)12(17)16(4)13(18)15(11)3/h6-8H,5H2,1-4H3. The lowest BCUT2D eigenvalue weighted by atomic mass is 10.3. The molecule has 0 bridgehead atoms. The summed E-state index contributed by atoms with van der Waals surface area (Å²) in [5, 5.41) is 0.935. The van der Waals surface area contributed by atoms with Crippen LogP contribution >= 0.6 is 11.8 Å². The molecule has 102 valence electrons. The Labute approximate surface area is 115 Å². The Balaban J connectivity index is 2.82. The Hall–Kier alpha value is -1.56. The minimum absolute atomic E-state index is 0.281. The van der Waals surface area contributed by atoms with Crippen LogP contribution in [0.25, 0.3) is 11.0 Å². The highest BCUT2D eigenvalue weighted by molar-refractivity contribution is 8.00. The molecule has 0 aliphatic carbocycles. The summed E-state index contributed by atoms with van der Waals surface area (Å²) in [4.78, 5) is 29.2. The van der Waals surface area contributed by atoms with Crippen molar-refractivity contribution in [1.29, 1.82) is 0 Å². The van der Waals surface area contributed by atoms with Gasteiger partial charge in [0.25, 0.3) is 5.56 Å². The summed E-state index contributed by atoms with van der Waals surface area (Å²) >= 11 is 1.64. The molecule has 0 aliphatic rings. The first-order chi connectivity index (χ1) is 8.97. The van der Waals surface area contributed by atoms with Crippen LogP contribution in [0.3, 0.4) is 0 Å². The van der Waals surface area contributed by atoms with Crippen LogP contribution in [-0.2, 0) is 14.1 Å². The van der Waals surface area contributed by atoms with Crippen LogP contribution in [-0.4, -0.2) is 19.4 Å². The summed E-state index contributed by atoms with van der Waals surface area (Å²) < 4.78 is 2.54. The molecule has 0 amide bonds. The highest BCUT2D eigenvalue weighted by Gasteiger charge is 2.14. The second kappa shape index (κ2) is 5.21. The number of hydrogen-bond acceptors (Lipinski definition) is 4. The van der Waals surface area contributed by atoms with Crippen molar-refractivity contribution in [3.05, 3.63) is 33.1 Å². The van der Waals surface area contributed by atoms with Gasteiger partial charge in [-0.3, -0.25) is 13.9 Å². The predicted octanol–water partition coefficient (Wildman–Crippen LogP) is 1.52. The molecule has 0 aliphatic heterocycles. The van der Waals surface area contributed by atoms with E-state index in [0.29, 0.717) is 16.3 Å². The van der Waals surface area contributed by atoms with Gasteiger partial charge in [0.2, 0.25) is 0 Å². The first kappa shape index (κ1) is 13.9. The van der Waals surface area contributed by atoms with Crippen molar-refractivity contribution in [2.45, 2.75) is 30.4 Å². The van der Waals surface area contributed by atoms with E-state index in [4.69, 9.17) is 0 Å². The van der Waals surface area contributed by atoms with Crippen LogP contribution < -0.4 is 11.2 Å². The van der Waals surface area contributed by atoms with Gasteiger partial charge >= 0.3 is 5.69 Å². The third-order valence-corrected chi connectivity index (χ3v) is 4.54. The molecule has 5 nitrogen and oxygen atoms in total. The molecule has 2 aromatic rings. The maximum atomic E-state index is 12.3. The Morgan fingerprint density at radius 2 is 2.00 bits per heavy atom. The molecule has 1 unspecified atom stereocenters. The zero-order valence-electron chi connectivity index (χ0n) is 11.5. The third-order valence-electron chi connectivity index (χ3n) is 3.21. The SMILES string of the molecule is CCC(C)Sc1ccnc2c1c(=O)n(C)c(=O)n2C. The zero-order valence-corrected chi connectivity index (χ0v) is 12.3. The molecule has 2 aromatic heterocycles. The van der Waals surface area contributed by atoms with Gasteiger partial charge in [-0.25, -0.2) is 9.78 Å². The van der Waals surface area contributed by atoms with Crippen LogP contribution in [0.1, 0.15) is 20.3 Å². The van der Waals surface area contributed by atoms with Gasteiger partial charge in [0.15, 0.2) is 0 Å². The average molecular weight is 279 g/mol. The predicted molar refractivity (Wildman–Crippen MR) is 77.8 cm³/mol. The number of thioether (sulfide) groups is 1. The fourth-order valence-electron chi connectivity index (χ4n) is 1.86. The van der Waals surface area contributed by atoms with Gasteiger partial charge < -0.3 is 0 Å². The van der Waals surface area contributed by atoms with Crippen LogP contribution in [0.4, 0.5) is 0 Å². The lowest BCUT2D eigenvalue weighted by Crippen LogP contribution is -2.37. The molecular weight excluding hydrogens is 262 g/mol. The van der Waals surface area contributed by atoms with Gasteiger partial charge in [-0.15, -0.1) is 11.8 Å². The molecule has 2 heterocycles. The summed E-state index contributed by atoms with van der Waals surface area (Å²) in [7, 11) is 3.13. The Morgan fingerprint density at radius 1 is 1.32 bits per heavy atom. The van der Waals surface area contributed by atoms with E-state index in [-0.39, 0.29) is 11.2 Å². The van der Waals surface area contributed by atoms with Gasteiger partial charge in [-0.05, 0) is 12.5 Å². The van der Waals surface area contributed by atoms with Crippen molar-refractivity contribution in [3.8, 4) is 0 Å². The second-order valence-electron chi connectivity index (χ2n) is 4.55. The van der Waals surface area contributed by atoms with E-state index in [1.807, 2.05) is 6.07 Å². The Bertz CT molecular complexity index is 733. The van der Waals surface area contributed by atoms with E-state index in [0.717, 1.165) is 15.9 Å². The van der Waals surface area contributed by atoms with Crippen LogP contribution in [0.2, 0.25) is 0 Å². The van der Waals surface area contributed by atoms with Crippen LogP contribution in [0, 0.1) is 0 Å². The van der Waals surface area contributed by atoms with Crippen LogP contribution in [0.15, 0.2) is 26.7 Å². The minimum Gasteiger partial charge on any atom is -0.280 e. The molecule has 19 heavy (non-hydrogen) atoms. The molecule has 0 saturated heterocycles. The molecule has 1 atom stereocenters. The smallest absolute Gasteiger partial charge is 0.280 e. The van der Waals surface area contributed by atoms with E-state index >= 15 is 0 Å². The van der Waals surface area contributed by atoms with Crippen molar-refractivity contribution in [2.75, 3.05) is 0 Å². The first-order valence-electron chi connectivity index (χ1n) is 6.18. The largest absolute Gasteiger partial charge is 0.332 e. The Kier molecular flexibility index (Phi) is 3.80. The monoisotopic (exact) mass is 279 g/mol. The van der Waals surface area contributed by atoms with E-state index in [1.165, 1.54) is 11.6 Å². The Morgan fingerprint density at radius 3 is 2.63 bits per heavy atom. The minimum atomic E-state index is -0.351. The highest BCUT2D eigenvalue weighted by Crippen LogP contribution is 2.28. The highest BCUT2D eigenvalue weighted by atomic mass is 32.2. The number of aromatic nitrogens is 3. The fraction of sp³-hybridized carbons (Fsp3) is 0.462. The lowest BCUT2D eigenvalue weighted by Gasteiger charge is -2.12. The van der Waals surface area contributed by atoms with Crippen molar-refractivity contribution in [1.82, 2.24) is 14.1 Å². The molecule has 0 spiro atoms. The van der Waals surface area contributed by atoms with Crippen molar-refractivity contribution < 1.29 is 0 Å². The number of fused-ring (bicyclic) bond motifs is 1. The summed E-state index contributed by atoms with van der Waals surface area (Å²) in [6.07, 6.45) is 2.66. The van der Waals surface area contributed by atoms with E-state index < -0.39 is 0 Å². The number of pyridine rings is 1. The van der Waals surface area contributed by atoms with Crippen molar-refractivity contribution >= 4 is 22.8 Å². The number of nitrogens with zero attached hydrogens (tertiary/aromatic N) is 3. The van der Waals surface area contributed by atoms with Crippen LogP contribution in [0.5, 0.6) is 0 Å². The van der Waals surface area contributed by atoms with Crippen molar-refractivity contribution in [2.24, 2.45) is 14.1 Å². The van der Waals surface area contributed by atoms with Gasteiger partial charge in [0, 0.05) is 30.4 Å². The number of hydrogen-bond donors (Lipinski definition) is 0. The first-order valence-corrected chi connectivity index (χ1v) is 7.06. The van der Waals surface area contributed by atoms with E-state index in [1.54, 1.807) is 25.0 Å². The topological polar surface area (TPSA) is 56.9 Å². The molecule has 0 aromatic carbocycles. The molecule has 6 heteroatoms. The molecule has 0 radical (unpaired) electrons. The molecule has 0 N–H and O–H groups in total. The van der Waals surface area contributed by atoms with Gasteiger partial charge in [-0.2, -0.15) is 0 Å². The summed E-state index contributed by atoms with van der Waals surface area (Å²) in [6.45, 7) is 4.22. The number of rotatable bonds is 3. The molecular formula is C13H17N3O2S. The van der Waals surface area contributed by atoms with E-state index in [9.17, 15) is 9.59 Å². The van der Waals surface area contributed by atoms with Gasteiger partial charge in [0.1, 0.15) is 5.65 Å². The average Bonchev–Trinajstić information content (AvgIpc) is 2.42.